The van der Waals surface area contributed by atoms with Crippen molar-refractivity contribution in [2.75, 3.05) is 13.1 Å². The van der Waals surface area contributed by atoms with E-state index in [-0.39, 0.29) is 35.7 Å². The molecule has 5 nitrogen and oxygen atoms in total. The number of amides is 2. The molecule has 1 atom stereocenters. The molecule has 1 aliphatic carbocycles. The van der Waals surface area contributed by atoms with E-state index in [1.807, 2.05) is 20.8 Å². The van der Waals surface area contributed by atoms with E-state index >= 15 is 0 Å². The number of halogens is 1. The Kier molecular flexibility index (Phi) is 8.13. The number of nitrogens with one attached hydrogen (secondary N) is 2. The monoisotopic (exact) mass is 305 g/mol. The number of rotatable bonds is 7. The second-order valence-corrected chi connectivity index (χ2v) is 6.41. The normalized spacial score (nSPS) is 16.0. The van der Waals surface area contributed by atoms with Gasteiger partial charge in [-0.3, -0.25) is 9.59 Å². The maximum Gasteiger partial charge on any atom is 0.225 e. The molecule has 0 aromatic heterocycles. The molecular weight excluding hydrogens is 278 g/mol. The Morgan fingerprint density at radius 1 is 1.25 bits per heavy atom. The molecule has 0 aliphatic heterocycles. The fourth-order valence-corrected chi connectivity index (χ4v) is 1.73. The second-order valence-electron chi connectivity index (χ2n) is 6.41. The van der Waals surface area contributed by atoms with Gasteiger partial charge in [0.25, 0.3) is 0 Å². The van der Waals surface area contributed by atoms with Crippen molar-refractivity contribution in [1.82, 2.24) is 10.6 Å². The van der Waals surface area contributed by atoms with Gasteiger partial charge >= 0.3 is 0 Å². The number of nitrogens with two attached hydrogens (primary N) is 1. The minimum Gasteiger partial charge on any atom is -0.356 e. The van der Waals surface area contributed by atoms with E-state index in [2.05, 4.69) is 10.6 Å². The lowest BCUT2D eigenvalue weighted by Crippen LogP contribution is -2.39. The highest BCUT2D eigenvalue weighted by Gasteiger charge is 2.28. The summed E-state index contributed by atoms with van der Waals surface area (Å²) in [6.07, 6.45) is 3.47. The van der Waals surface area contributed by atoms with Gasteiger partial charge in [-0.05, 0) is 25.2 Å². The van der Waals surface area contributed by atoms with E-state index in [1.165, 1.54) is 12.8 Å². The molecule has 4 N–H and O–H groups in total. The van der Waals surface area contributed by atoms with Gasteiger partial charge in [0.15, 0.2) is 0 Å². The lowest BCUT2D eigenvalue weighted by atomic mass is 9.96. The Morgan fingerprint density at radius 2 is 1.85 bits per heavy atom. The smallest absolute Gasteiger partial charge is 0.225 e. The first-order valence-electron chi connectivity index (χ1n) is 7.11. The topological polar surface area (TPSA) is 84.2 Å². The van der Waals surface area contributed by atoms with Crippen molar-refractivity contribution in [2.24, 2.45) is 17.1 Å². The van der Waals surface area contributed by atoms with Crippen molar-refractivity contribution < 1.29 is 9.59 Å². The summed E-state index contributed by atoms with van der Waals surface area (Å²) in [7, 11) is 0. The van der Waals surface area contributed by atoms with Gasteiger partial charge in [-0.1, -0.05) is 20.8 Å². The maximum absolute atomic E-state index is 11.6. The highest BCUT2D eigenvalue weighted by molar-refractivity contribution is 5.85. The van der Waals surface area contributed by atoms with Crippen LogP contribution in [-0.2, 0) is 9.59 Å². The third-order valence-electron chi connectivity index (χ3n) is 3.31. The number of carbonyl (C=O) groups is 2. The largest absolute Gasteiger partial charge is 0.356 e. The number of hydrogen-bond donors (Lipinski definition) is 3. The summed E-state index contributed by atoms with van der Waals surface area (Å²) in [5.74, 6) is 0.635. The van der Waals surface area contributed by atoms with E-state index in [0.717, 1.165) is 0 Å². The zero-order valence-corrected chi connectivity index (χ0v) is 13.5. The summed E-state index contributed by atoms with van der Waals surface area (Å²) in [6.45, 7) is 6.72. The summed E-state index contributed by atoms with van der Waals surface area (Å²) in [5, 5.41) is 5.67. The minimum absolute atomic E-state index is 0. The van der Waals surface area contributed by atoms with Crippen LogP contribution in [0.3, 0.4) is 0 Å². The predicted octanol–water partition coefficient (Wildman–Crippen LogP) is 1.20. The van der Waals surface area contributed by atoms with Crippen LogP contribution in [0.5, 0.6) is 0 Å². The molecule has 118 valence electrons. The standard InChI is InChI=1S/C14H27N3O2.ClH/c1-14(2,3)13(19)16-8-4-5-12(18)17-9-11(15)10-6-7-10;/h10-11H,4-9,15H2,1-3H3,(H,16,19)(H,17,18);1H. The van der Waals surface area contributed by atoms with Gasteiger partial charge in [-0.2, -0.15) is 0 Å². The molecule has 0 bridgehead atoms. The Hall–Kier alpha value is -0.810. The molecule has 0 spiro atoms. The molecule has 0 radical (unpaired) electrons. The fourth-order valence-electron chi connectivity index (χ4n) is 1.73. The molecule has 1 unspecified atom stereocenters. The Labute approximate surface area is 127 Å². The van der Waals surface area contributed by atoms with Crippen LogP contribution in [0.1, 0.15) is 46.5 Å². The number of carbonyl (C=O) groups excluding carboxylic acids is 2. The first kappa shape index (κ1) is 19.2. The molecule has 1 aliphatic rings. The molecule has 20 heavy (non-hydrogen) atoms. The molecule has 0 saturated heterocycles. The van der Waals surface area contributed by atoms with E-state index in [9.17, 15) is 9.59 Å². The van der Waals surface area contributed by atoms with Crippen LogP contribution in [0.2, 0.25) is 0 Å². The highest BCUT2D eigenvalue weighted by atomic mass is 35.5. The summed E-state index contributed by atoms with van der Waals surface area (Å²) in [5.41, 5.74) is 5.52. The van der Waals surface area contributed by atoms with Crippen LogP contribution >= 0.6 is 12.4 Å². The molecule has 0 aromatic rings. The van der Waals surface area contributed by atoms with E-state index in [4.69, 9.17) is 5.73 Å². The van der Waals surface area contributed by atoms with Gasteiger partial charge in [0.1, 0.15) is 0 Å². The minimum atomic E-state index is -0.376. The highest BCUT2D eigenvalue weighted by Crippen LogP contribution is 2.31. The zero-order valence-electron chi connectivity index (χ0n) is 12.7. The molecule has 1 fully saturated rings. The maximum atomic E-state index is 11.6. The first-order valence-corrected chi connectivity index (χ1v) is 7.11. The quantitative estimate of drug-likeness (QED) is 0.618. The van der Waals surface area contributed by atoms with Crippen molar-refractivity contribution in [3.8, 4) is 0 Å². The molecule has 0 aromatic carbocycles. The second kappa shape index (κ2) is 8.47. The van der Waals surface area contributed by atoms with Crippen LogP contribution in [0.25, 0.3) is 0 Å². The molecular formula is C14H28ClN3O2. The van der Waals surface area contributed by atoms with E-state index in [0.29, 0.717) is 31.8 Å². The Balaban J connectivity index is 0.00000361. The van der Waals surface area contributed by atoms with E-state index < -0.39 is 0 Å². The summed E-state index contributed by atoms with van der Waals surface area (Å²) >= 11 is 0. The fraction of sp³-hybridized carbons (Fsp3) is 0.857. The van der Waals surface area contributed by atoms with Crippen LogP contribution in [0, 0.1) is 11.3 Å². The SMILES string of the molecule is CC(C)(C)C(=O)NCCCC(=O)NCC(N)C1CC1.Cl. The van der Waals surface area contributed by atoms with Crippen molar-refractivity contribution >= 4 is 24.2 Å². The lowest BCUT2D eigenvalue weighted by Gasteiger charge is -2.17. The van der Waals surface area contributed by atoms with Crippen LogP contribution in [0.4, 0.5) is 0 Å². The van der Waals surface area contributed by atoms with Crippen LogP contribution < -0.4 is 16.4 Å². The van der Waals surface area contributed by atoms with Crippen molar-refractivity contribution in [3.63, 3.8) is 0 Å². The Bertz CT molecular complexity index is 325. The van der Waals surface area contributed by atoms with Crippen molar-refractivity contribution in [2.45, 2.75) is 52.5 Å². The van der Waals surface area contributed by atoms with Gasteiger partial charge < -0.3 is 16.4 Å². The van der Waals surface area contributed by atoms with Crippen LogP contribution in [0.15, 0.2) is 0 Å². The van der Waals surface area contributed by atoms with Crippen LogP contribution in [-0.4, -0.2) is 30.9 Å². The molecule has 2 amide bonds. The van der Waals surface area contributed by atoms with Gasteiger partial charge in [0, 0.05) is 31.0 Å². The van der Waals surface area contributed by atoms with E-state index in [1.54, 1.807) is 0 Å². The van der Waals surface area contributed by atoms with Gasteiger partial charge in [0.05, 0.1) is 0 Å². The number of hydrogen-bond acceptors (Lipinski definition) is 3. The predicted molar refractivity (Wildman–Crippen MR) is 82.7 cm³/mol. The first-order chi connectivity index (χ1) is 8.80. The average Bonchev–Trinajstić information content (AvgIpc) is 3.14. The third kappa shape index (κ3) is 7.70. The average molecular weight is 306 g/mol. The van der Waals surface area contributed by atoms with Crippen molar-refractivity contribution in [1.29, 1.82) is 0 Å². The molecule has 1 saturated carbocycles. The van der Waals surface area contributed by atoms with Crippen molar-refractivity contribution in [3.05, 3.63) is 0 Å². The lowest BCUT2D eigenvalue weighted by molar-refractivity contribution is -0.128. The molecule has 1 rings (SSSR count). The Morgan fingerprint density at radius 3 is 2.35 bits per heavy atom. The summed E-state index contributed by atoms with van der Waals surface area (Å²) < 4.78 is 0. The van der Waals surface area contributed by atoms with Gasteiger partial charge in [-0.25, -0.2) is 0 Å². The summed E-state index contributed by atoms with van der Waals surface area (Å²) in [4.78, 5) is 23.1. The third-order valence-corrected chi connectivity index (χ3v) is 3.31. The summed E-state index contributed by atoms with van der Waals surface area (Å²) in [6, 6.07) is 0.101. The molecule has 6 heteroatoms. The van der Waals surface area contributed by atoms with Gasteiger partial charge in [-0.15, -0.1) is 12.4 Å². The van der Waals surface area contributed by atoms with Gasteiger partial charge in [0.2, 0.25) is 11.8 Å². The zero-order chi connectivity index (χ0) is 14.5. The molecule has 0 heterocycles.